The van der Waals surface area contributed by atoms with Gasteiger partial charge in [-0.05, 0) is 13.3 Å². The predicted octanol–water partition coefficient (Wildman–Crippen LogP) is 0.0402. The molecule has 0 atom stereocenters. The minimum atomic E-state index is -4.68. The fraction of sp³-hybridized carbons (Fsp3) is 0.500. The average molecular weight is 218 g/mol. The average Bonchev–Trinajstić information content (AvgIpc) is 1.84. The van der Waals surface area contributed by atoms with Crippen LogP contribution in [0.2, 0.25) is 0 Å². The zero-order valence-corrected chi connectivity index (χ0v) is 7.59. The number of allylic oxidation sites excluding steroid dienone is 1. The molecule has 72 valence electrons. The van der Waals surface area contributed by atoms with E-state index in [0.717, 1.165) is 0 Å². The molecule has 0 fully saturated rings. The second-order valence-corrected chi connectivity index (χ2v) is 3.12. The Hall–Kier alpha value is 0.120. The molecule has 0 spiro atoms. The van der Waals surface area contributed by atoms with Gasteiger partial charge in [-0.15, -0.1) is 0 Å². The van der Waals surface area contributed by atoms with Crippen molar-refractivity contribution in [3.8, 4) is 0 Å². The maximum atomic E-state index is 10.7. The zero-order valence-electron chi connectivity index (χ0n) is 6.77. The van der Waals surface area contributed by atoms with Crippen LogP contribution >= 0.6 is 0 Å². The van der Waals surface area contributed by atoms with Gasteiger partial charge in [-0.25, -0.2) is 4.79 Å². The van der Waals surface area contributed by atoms with E-state index in [9.17, 15) is 13.2 Å². The molecule has 0 unspecified atom stereocenters. The molecule has 0 aliphatic heterocycles. The summed E-state index contributed by atoms with van der Waals surface area (Å²) >= 11 is 0. The van der Waals surface area contributed by atoms with E-state index >= 15 is 0 Å². The standard InChI is InChI=1S/C6H10O5S.Na.H/c1-3-4-5(2)6(7)11-12(8,9)10;;/h4H,3H2,1-2H3,(H,8,9,10);;. The van der Waals surface area contributed by atoms with E-state index in [1.165, 1.54) is 13.0 Å². The molecule has 0 aromatic heterocycles. The van der Waals surface area contributed by atoms with Crippen LogP contribution in [0.25, 0.3) is 0 Å². The van der Waals surface area contributed by atoms with Gasteiger partial charge in [-0.1, -0.05) is 13.0 Å². The third-order valence-electron chi connectivity index (χ3n) is 1.01. The molecule has 0 aromatic carbocycles. The number of hydrogen-bond donors (Lipinski definition) is 1. The van der Waals surface area contributed by atoms with Gasteiger partial charge in [0.2, 0.25) is 0 Å². The molecule has 13 heavy (non-hydrogen) atoms. The van der Waals surface area contributed by atoms with Gasteiger partial charge in [0.05, 0.1) is 0 Å². The van der Waals surface area contributed by atoms with Crippen molar-refractivity contribution >= 4 is 45.9 Å². The Morgan fingerprint density at radius 3 is 2.31 bits per heavy atom. The SMILES string of the molecule is CCC=C(C)C(=O)OS(=O)(=O)O.[NaH]. The second kappa shape index (κ2) is 6.56. The maximum absolute atomic E-state index is 10.7. The third-order valence-corrected chi connectivity index (χ3v) is 1.38. The van der Waals surface area contributed by atoms with Crippen LogP contribution in [0.1, 0.15) is 20.3 Å². The topological polar surface area (TPSA) is 80.7 Å². The Bertz CT molecular complexity index is 292. The van der Waals surface area contributed by atoms with Crippen molar-refractivity contribution in [2.24, 2.45) is 0 Å². The number of rotatable bonds is 3. The van der Waals surface area contributed by atoms with Gasteiger partial charge in [0, 0.05) is 5.57 Å². The van der Waals surface area contributed by atoms with Crippen LogP contribution in [-0.2, 0) is 19.4 Å². The minimum absolute atomic E-state index is 0. The van der Waals surface area contributed by atoms with Crippen molar-refractivity contribution in [1.29, 1.82) is 0 Å². The van der Waals surface area contributed by atoms with Gasteiger partial charge >= 0.3 is 45.9 Å². The van der Waals surface area contributed by atoms with Gasteiger partial charge in [-0.2, -0.15) is 8.42 Å². The van der Waals surface area contributed by atoms with Gasteiger partial charge < -0.3 is 4.18 Å². The molecule has 0 aromatic rings. The summed E-state index contributed by atoms with van der Waals surface area (Å²) in [6, 6.07) is 0. The molecular weight excluding hydrogens is 207 g/mol. The summed E-state index contributed by atoms with van der Waals surface area (Å²) < 4.78 is 31.9. The summed E-state index contributed by atoms with van der Waals surface area (Å²) in [6.45, 7) is 3.18. The van der Waals surface area contributed by atoms with Gasteiger partial charge in [-0.3, -0.25) is 4.55 Å². The van der Waals surface area contributed by atoms with Crippen LogP contribution in [-0.4, -0.2) is 48.5 Å². The van der Waals surface area contributed by atoms with E-state index in [1.807, 2.05) is 0 Å². The van der Waals surface area contributed by atoms with Crippen molar-refractivity contribution in [2.45, 2.75) is 20.3 Å². The van der Waals surface area contributed by atoms with E-state index < -0.39 is 16.4 Å². The van der Waals surface area contributed by atoms with E-state index in [-0.39, 0.29) is 35.1 Å². The van der Waals surface area contributed by atoms with Crippen LogP contribution in [0.15, 0.2) is 11.6 Å². The Kier molecular flexibility index (Phi) is 7.86. The molecule has 7 heteroatoms. The summed E-state index contributed by atoms with van der Waals surface area (Å²) in [4.78, 5) is 10.7. The Balaban J connectivity index is 0. The van der Waals surface area contributed by atoms with Crippen molar-refractivity contribution in [2.75, 3.05) is 0 Å². The Morgan fingerprint density at radius 2 is 2.00 bits per heavy atom. The van der Waals surface area contributed by atoms with Crippen molar-refractivity contribution in [3.05, 3.63) is 11.6 Å². The fourth-order valence-electron chi connectivity index (χ4n) is 0.551. The molecule has 0 aliphatic carbocycles. The first-order chi connectivity index (χ1) is 5.37. The summed E-state index contributed by atoms with van der Waals surface area (Å²) in [6.07, 6.45) is 2.08. The molecule has 0 bridgehead atoms. The quantitative estimate of drug-likeness (QED) is 0.411. The first kappa shape index (κ1) is 15.6. The molecule has 5 nitrogen and oxygen atoms in total. The van der Waals surface area contributed by atoms with Gasteiger partial charge in [0.25, 0.3) is 0 Å². The number of hydrogen-bond acceptors (Lipinski definition) is 4. The first-order valence-electron chi connectivity index (χ1n) is 3.24. The molecule has 0 heterocycles. The summed E-state index contributed by atoms with van der Waals surface area (Å²) in [5.74, 6) is -1.06. The van der Waals surface area contributed by atoms with Crippen molar-refractivity contribution in [1.82, 2.24) is 0 Å². The van der Waals surface area contributed by atoms with Crippen LogP contribution in [0.3, 0.4) is 0 Å². The zero-order chi connectivity index (χ0) is 9.78. The Labute approximate surface area is 99.4 Å². The van der Waals surface area contributed by atoms with Crippen LogP contribution in [0.4, 0.5) is 0 Å². The third kappa shape index (κ3) is 8.45. The van der Waals surface area contributed by atoms with E-state index in [2.05, 4.69) is 4.18 Å². The molecule has 0 saturated heterocycles. The predicted molar refractivity (Wildman–Crippen MR) is 48.8 cm³/mol. The summed E-state index contributed by atoms with van der Waals surface area (Å²) in [7, 11) is -4.68. The molecule has 1 N–H and O–H groups in total. The molecule has 0 saturated carbocycles. The fourth-order valence-corrected chi connectivity index (χ4v) is 0.874. The van der Waals surface area contributed by atoms with Crippen LogP contribution < -0.4 is 0 Å². The summed E-state index contributed by atoms with van der Waals surface area (Å²) in [5.41, 5.74) is 0.148. The monoisotopic (exact) mass is 218 g/mol. The number of carbonyl (C=O) groups is 1. The Morgan fingerprint density at radius 1 is 1.54 bits per heavy atom. The number of carbonyl (C=O) groups excluding carboxylic acids is 1. The van der Waals surface area contributed by atoms with Crippen molar-refractivity contribution < 1.29 is 21.9 Å². The van der Waals surface area contributed by atoms with Crippen LogP contribution in [0.5, 0.6) is 0 Å². The van der Waals surface area contributed by atoms with Crippen LogP contribution in [0, 0.1) is 0 Å². The molecule has 0 aliphatic rings. The van der Waals surface area contributed by atoms with E-state index in [4.69, 9.17) is 4.55 Å². The first-order valence-corrected chi connectivity index (χ1v) is 4.61. The van der Waals surface area contributed by atoms with Crippen molar-refractivity contribution in [3.63, 3.8) is 0 Å². The van der Waals surface area contributed by atoms with Gasteiger partial charge in [0.15, 0.2) is 0 Å². The molecule has 0 rings (SSSR count). The second-order valence-electron chi connectivity index (χ2n) is 2.09. The van der Waals surface area contributed by atoms with E-state index in [0.29, 0.717) is 6.42 Å². The van der Waals surface area contributed by atoms with Gasteiger partial charge in [0.1, 0.15) is 0 Å². The normalized spacial score (nSPS) is 11.8. The van der Waals surface area contributed by atoms with E-state index in [1.54, 1.807) is 6.92 Å². The molecular formula is C6H11NaO5S. The summed E-state index contributed by atoms with van der Waals surface area (Å²) in [5, 5.41) is 0. The molecule has 0 amide bonds. The molecule has 0 radical (unpaired) electrons.